The van der Waals surface area contributed by atoms with Gasteiger partial charge in [-0.05, 0) is 43.9 Å². The molecule has 0 radical (unpaired) electrons. The van der Waals surface area contributed by atoms with Crippen molar-refractivity contribution in [2.45, 2.75) is 37.0 Å². The average molecular weight is 418 g/mol. The Kier molecular flexibility index (Phi) is 5.81. The van der Waals surface area contributed by atoms with E-state index in [-0.39, 0.29) is 21.5 Å². The third-order valence-electron chi connectivity index (χ3n) is 4.07. The Morgan fingerprint density at radius 3 is 2.78 bits per heavy atom. The third-order valence-corrected chi connectivity index (χ3v) is 5.18. The topological polar surface area (TPSA) is 74.8 Å². The molecule has 1 heterocycles. The summed E-state index contributed by atoms with van der Waals surface area (Å²) in [6, 6.07) is 2.97. The number of amides is 1. The van der Waals surface area contributed by atoms with Crippen molar-refractivity contribution in [1.29, 1.82) is 0 Å². The zero-order valence-electron chi connectivity index (χ0n) is 14.0. The Labute approximate surface area is 161 Å². The van der Waals surface area contributed by atoms with Crippen LogP contribution in [0.3, 0.4) is 0 Å². The van der Waals surface area contributed by atoms with Gasteiger partial charge in [0.05, 0.1) is 22.7 Å². The third kappa shape index (κ3) is 4.84. The van der Waals surface area contributed by atoms with Crippen LogP contribution in [0.1, 0.15) is 29.7 Å². The number of hydrogen-bond acceptors (Lipinski definition) is 4. The Morgan fingerprint density at radius 1 is 1.30 bits per heavy atom. The van der Waals surface area contributed by atoms with Crippen LogP contribution in [0, 0.1) is 0 Å². The van der Waals surface area contributed by atoms with Crippen LogP contribution in [0.4, 0.5) is 18.9 Å². The summed E-state index contributed by atoms with van der Waals surface area (Å²) < 4.78 is 39.1. The molecule has 0 unspecified atom stereocenters. The summed E-state index contributed by atoms with van der Waals surface area (Å²) in [7, 11) is 0. The molecule has 0 bridgehead atoms. The van der Waals surface area contributed by atoms with Crippen LogP contribution < -0.4 is 10.9 Å². The van der Waals surface area contributed by atoms with Gasteiger partial charge in [-0.25, -0.2) is 4.98 Å². The molecule has 1 aromatic heterocycles. The quantitative estimate of drug-likeness (QED) is 0.581. The number of benzene rings is 1. The number of aryl methyl sites for hydroxylation is 1. The highest BCUT2D eigenvalue weighted by Crippen LogP contribution is 2.36. The fourth-order valence-electron chi connectivity index (χ4n) is 2.84. The molecule has 0 aliphatic heterocycles. The first-order valence-corrected chi connectivity index (χ1v) is 9.52. The van der Waals surface area contributed by atoms with Crippen LogP contribution >= 0.6 is 23.4 Å². The number of thioether (sulfide) groups is 1. The van der Waals surface area contributed by atoms with Gasteiger partial charge in [-0.1, -0.05) is 23.4 Å². The Balaban J connectivity index is 1.70. The van der Waals surface area contributed by atoms with E-state index in [1.54, 1.807) is 0 Å². The van der Waals surface area contributed by atoms with E-state index < -0.39 is 23.3 Å². The first kappa shape index (κ1) is 19.8. The molecule has 0 spiro atoms. The SMILES string of the molecule is O=C(CSc1nc2c(c(=O)[nH]1)CCCC2)Nc1cc(Cl)ccc1C(F)(F)F. The molecule has 1 amide bonds. The Morgan fingerprint density at radius 2 is 2.04 bits per heavy atom. The van der Waals surface area contributed by atoms with Crippen molar-refractivity contribution >= 4 is 35.0 Å². The number of hydrogen-bond donors (Lipinski definition) is 2. The van der Waals surface area contributed by atoms with Gasteiger partial charge in [-0.15, -0.1) is 0 Å². The van der Waals surface area contributed by atoms with Crippen LogP contribution in [-0.2, 0) is 23.8 Å². The molecule has 144 valence electrons. The number of aromatic amines is 1. The van der Waals surface area contributed by atoms with Crippen molar-refractivity contribution in [2.75, 3.05) is 11.1 Å². The molecule has 10 heteroatoms. The van der Waals surface area contributed by atoms with E-state index in [4.69, 9.17) is 11.6 Å². The van der Waals surface area contributed by atoms with E-state index in [1.807, 2.05) is 0 Å². The Bertz CT molecular complexity index is 931. The maximum absolute atomic E-state index is 13.0. The summed E-state index contributed by atoms with van der Waals surface area (Å²) in [5.41, 5.74) is -0.222. The summed E-state index contributed by atoms with van der Waals surface area (Å²) in [6.07, 6.45) is -1.35. The number of nitrogens with one attached hydrogen (secondary N) is 2. The summed E-state index contributed by atoms with van der Waals surface area (Å²) in [5.74, 6) is -0.862. The van der Waals surface area contributed by atoms with Gasteiger partial charge in [-0.2, -0.15) is 13.2 Å². The molecule has 27 heavy (non-hydrogen) atoms. The van der Waals surface area contributed by atoms with Crippen LogP contribution in [-0.4, -0.2) is 21.6 Å². The van der Waals surface area contributed by atoms with Crippen LogP contribution in [0.25, 0.3) is 0 Å². The molecule has 0 atom stereocenters. The number of alkyl halides is 3. The average Bonchev–Trinajstić information content (AvgIpc) is 2.59. The number of anilines is 1. The van der Waals surface area contributed by atoms with E-state index in [0.29, 0.717) is 18.4 Å². The fraction of sp³-hybridized carbons (Fsp3) is 0.353. The highest BCUT2D eigenvalue weighted by molar-refractivity contribution is 7.99. The minimum atomic E-state index is -4.62. The van der Waals surface area contributed by atoms with Crippen molar-refractivity contribution in [3.05, 3.63) is 50.4 Å². The normalized spacial score (nSPS) is 13.9. The van der Waals surface area contributed by atoms with E-state index in [1.165, 1.54) is 0 Å². The summed E-state index contributed by atoms with van der Waals surface area (Å²) in [5, 5.41) is 2.57. The van der Waals surface area contributed by atoms with Crippen molar-refractivity contribution < 1.29 is 18.0 Å². The van der Waals surface area contributed by atoms with Crippen molar-refractivity contribution in [3.63, 3.8) is 0 Å². The van der Waals surface area contributed by atoms with Crippen molar-refractivity contribution in [1.82, 2.24) is 9.97 Å². The first-order chi connectivity index (χ1) is 12.7. The molecule has 1 aromatic carbocycles. The minimum Gasteiger partial charge on any atom is -0.325 e. The summed E-state index contributed by atoms with van der Waals surface area (Å²) in [6.45, 7) is 0. The van der Waals surface area contributed by atoms with E-state index >= 15 is 0 Å². The molecule has 2 aromatic rings. The zero-order chi connectivity index (χ0) is 19.6. The molecule has 5 nitrogen and oxygen atoms in total. The minimum absolute atomic E-state index is 0.0756. The standard InChI is InChI=1S/C17H15ClF3N3O2S/c18-9-5-6-11(17(19,20)21)13(7-9)22-14(25)8-27-16-23-12-4-2-1-3-10(12)15(26)24-16/h5-7H,1-4,8H2,(H,22,25)(H,23,24,26). The molecular formula is C17H15ClF3N3O2S. The molecule has 3 rings (SSSR count). The lowest BCUT2D eigenvalue weighted by atomic mass is 9.97. The molecular weight excluding hydrogens is 403 g/mol. The lowest BCUT2D eigenvalue weighted by Crippen LogP contribution is -2.22. The van der Waals surface area contributed by atoms with Gasteiger partial charge in [0.15, 0.2) is 5.16 Å². The van der Waals surface area contributed by atoms with E-state index in [9.17, 15) is 22.8 Å². The zero-order valence-corrected chi connectivity index (χ0v) is 15.5. The number of rotatable bonds is 4. The lowest BCUT2D eigenvalue weighted by Gasteiger charge is -2.15. The van der Waals surface area contributed by atoms with Gasteiger partial charge in [0.25, 0.3) is 5.56 Å². The van der Waals surface area contributed by atoms with Crippen LogP contribution in [0.5, 0.6) is 0 Å². The second-order valence-electron chi connectivity index (χ2n) is 6.03. The second-order valence-corrected chi connectivity index (χ2v) is 7.43. The maximum Gasteiger partial charge on any atom is 0.418 e. The highest BCUT2D eigenvalue weighted by Gasteiger charge is 2.34. The predicted octanol–water partition coefficient (Wildman–Crippen LogP) is 4.05. The van der Waals surface area contributed by atoms with Gasteiger partial charge < -0.3 is 10.3 Å². The molecule has 0 saturated carbocycles. The number of fused-ring (bicyclic) bond motifs is 1. The van der Waals surface area contributed by atoms with Crippen LogP contribution in [0.15, 0.2) is 28.2 Å². The molecule has 1 aliphatic carbocycles. The molecule has 1 aliphatic rings. The molecule has 0 saturated heterocycles. The first-order valence-electron chi connectivity index (χ1n) is 8.15. The number of carbonyl (C=O) groups excluding carboxylic acids is 1. The second kappa shape index (κ2) is 7.93. The molecule has 0 fully saturated rings. The van der Waals surface area contributed by atoms with Crippen LogP contribution in [0.2, 0.25) is 5.02 Å². The number of H-pyrrole nitrogens is 1. The van der Waals surface area contributed by atoms with E-state index in [0.717, 1.165) is 48.5 Å². The smallest absolute Gasteiger partial charge is 0.325 e. The van der Waals surface area contributed by atoms with Gasteiger partial charge in [-0.3, -0.25) is 9.59 Å². The molecule has 2 N–H and O–H groups in total. The van der Waals surface area contributed by atoms with Gasteiger partial charge in [0.2, 0.25) is 5.91 Å². The van der Waals surface area contributed by atoms with Crippen molar-refractivity contribution in [2.24, 2.45) is 0 Å². The summed E-state index contributed by atoms with van der Waals surface area (Å²) >= 11 is 6.69. The van der Waals surface area contributed by atoms with Gasteiger partial charge in [0.1, 0.15) is 0 Å². The predicted molar refractivity (Wildman–Crippen MR) is 97.3 cm³/mol. The number of nitrogens with zero attached hydrogens (tertiary/aromatic N) is 1. The number of halogens is 4. The largest absolute Gasteiger partial charge is 0.418 e. The Hall–Kier alpha value is -2.00. The fourth-order valence-corrected chi connectivity index (χ4v) is 3.69. The maximum atomic E-state index is 13.0. The van der Waals surface area contributed by atoms with Gasteiger partial charge in [0, 0.05) is 10.6 Å². The highest BCUT2D eigenvalue weighted by atomic mass is 35.5. The number of aromatic nitrogens is 2. The summed E-state index contributed by atoms with van der Waals surface area (Å²) in [4.78, 5) is 31.1. The van der Waals surface area contributed by atoms with Gasteiger partial charge >= 0.3 is 6.18 Å². The van der Waals surface area contributed by atoms with Crippen molar-refractivity contribution in [3.8, 4) is 0 Å². The lowest BCUT2D eigenvalue weighted by molar-refractivity contribution is -0.137. The monoisotopic (exact) mass is 417 g/mol. The number of carbonyl (C=O) groups is 1. The van der Waals surface area contributed by atoms with E-state index in [2.05, 4.69) is 15.3 Å².